The molecule has 0 radical (unpaired) electrons. The van der Waals surface area contributed by atoms with Gasteiger partial charge in [-0.05, 0) is 48.0 Å². The zero-order valence-corrected chi connectivity index (χ0v) is 11.2. The zero-order valence-electron chi connectivity index (χ0n) is 9.71. The van der Waals surface area contributed by atoms with Gasteiger partial charge in [0.05, 0.1) is 12.3 Å². The first-order valence-electron chi connectivity index (χ1n) is 5.54. The van der Waals surface area contributed by atoms with Crippen molar-refractivity contribution in [3.8, 4) is 0 Å². The summed E-state index contributed by atoms with van der Waals surface area (Å²) >= 11 is 12.1. The van der Waals surface area contributed by atoms with Crippen molar-refractivity contribution in [1.29, 1.82) is 0 Å². The molecule has 0 saturated carbocycles. The van der Waals surface area contributed by atoms with Gasteiger partial charge in [-0.2, -0.15) is 0 Å². The van der Waals surface area contributed by atoms with Gasteiger partial charge in [0.25, 0.3) is 0 Å². The van der Waals surface area contributed by atoms with Gasteiger partial charge in [0.2, 0.25) is 0 Å². The van der Waals surface area contributed by atoms with Gasteiger partial charge in [0.15, 0.2) is 5.22 Å². The van der Waals surface area contributed by atoms with E-state index in [1.165, 1.54) is 24.5 Å². The molecular formula is C13H12Cl2FNO. The Hall–Kier alpha value is -1.03. The van der Waals surface area contributed by atoms with E-state index in [0.717, 1.165) is 5.56 Å². The highest BCUT2D eigenvalue weighted by molar-refractivity contribution is 6.31. The molecule has 1 heterocycles. The summed E-state index contributed by atoms with van der Waals surface area (Å²) in [5.74, 6) is -0.336. The molecule has 96 valence electrons. The van der Waals surface area contributed by atoms with E-state index in [0.29, 0.717) is 17.1 Å². The maximum absolute atomic E-state index is 13.3. The van der Waals surface area contributed by atoms with Crippen LogP contribution in [0, 0.1) is 5.82 Å². The Morgan fingerprint density at radius 3 is 2.67 bits per heavy atom. The third-order valence-electron chi connectivity index (χ3n) is 2.63. The van der Waals surface area contributed by atoms with Gasteiger partial charge in [-0.25, -0.2) is 4.39 Å². The minimum Gasteiger partial charge on any atom is -0.453 e. The average molecular weight is 288 g/mol. The van der Waals surface area contributed by atoms with Gasteiger partial charge < -0.3 is 9.73 Å². The summed E-state index contributed by atoms with van der Waals surface area (Å²) in [4.78, 5) is 0. The van der Waals surface area contributed by atoms with Gasteiger partial charge in [0, 0.05) is 10.6 Å². The molecule has 1 N–H and O–H groups in total. The van der Waals surface area contributed by atoms with Crippen LogP contribution in [0.4, 0.5) is 4.39 Å². The van der Waals surface area contributed by atoms with E-state index < -0.39 is 0 Å². The predicted molar refractivity (Wildman–Crippen MR) is 70.6 cm³/mol. The Bertz CT molecular complexity index is 542. The Labute approximate surface area is 115 Å². The fourth-order valence-corrected chi connectivity index (χ4v) is 2.29. The Balaban J connectivity index is 2.48. The van der Waals surface area contributed by atoms with Crippen LogP contribution in [-0.4, -0.2) is 6.54 Å². The molecule has 0 aliphatic heterocycles. The quantitative estimate of drug-likeness (QED) is 0.900. The third-order valence-corrected chi connectivity index (χ3v) is 3.29. The molecule has 0 bridgehead atoms. The van der Waals surface area contributed by atoms with Crippen molar-refractivity contribution in [2.75, 3.05) is 6.54 Å². The minimum absolute atomic E-state index is 0.279. The second-order valence-corrected chi connectivity index (χ2v) is 4.56. The first-order valence-corrected chi connectivity index (χ1v) is 6.30. The van der Waals surface area contributed by atoms with Gasteiger partial charge in [-0.3, -0.25) is 0 Å². The predicted octanol–water partition coefficient (Wildman–Crippen LogP) is 4.42. The molecule has 1 unspecified atom stereocenters. The van der Waals surface area contributed by atoms with Crippen molar-refractivity contribution < 1.29 is 8.81 Å². The van der Waals surface area contributed by atoms with E-state index in [1.807, 2.05) is 6.92 Å². The molecule has 2 nitrogen and oxygen atoms in total. The topological polar surface area (TPSA) is 25.2 Å². The minimum atomic E-state index is -0.336. The van der Waals surface area contributed by atoms with Crippen molar-refractivity contribution in [3.05, 3.63) is 57.7 Å². The van der Waals surface area contributed by atoms with Gasteiger partial charge >= 0.3 is 0 Å². The second kappa shape index (κ2) is 5.74. The molecular weight excluding hydrogens is 276 g/mol. The molecule has 0 saturated heterocycles. The van der Waals surface area contributed by atoms with Crippen LogP contribution in [0.3, 0.4) is 0 Å². The van der Waals surface area contributed by atoms with E-state index in [9.17, 15) is 4.39 Å². The standard InChI is InChI=1S/C13H12Cl2FNO/c1-2-17-12(9-5-6-18-13(9)15)10-7-8(16)3-4-11(10)14/h3-7,12,17H,2H2,1H3. The van der Waals surface area contributed by atoms with Crippen LogP contribution in [0.1, 0.15) is 24.1 Å². The van der Waals surface area contributed by atoms with Crippen molar-refractivity contribution in [2.45, 2.75) is 13.0 Å². The number of benzene rings is 1. The first kappa shape index (κ1) is 13.4. The molecule has 2 aromatic rings. The van der Waals surface area contributed by atoms with E-state index >= 15 is 0 Å². The molecule has 1 aromatic carbocycles. The van der Waals surface area contributed by atoms with Crippen molar-refractivity contribution >= 4 is 23.2 Å². The lowest BCUT2D eigenvalue weighted by Gasteiger charge is -2.18. The summed E-state index contributed by atoms with van der Waals surface area (Å²) in [5.41, 5.74) is 1.38. The summed E-state index contributed by atoms with van der Waals surface area (Å²) in [5, 5.41) is 3.98. The largest absolute Gasteiger partial charge is 0.453 e. The SMILES string of the molecule is CCNC(c1cc(F)ccc1Cl)c1ccoc1Cl. The zero-order chi connectivity index (χ0) is 13.1. The molecule has 0 spiro atoms. The van der Waals surface area contributed by atoms with Crippen molar-refractivity contribution in [2.24, 2.45) is 0 Å². The second-order valence-electron chi connectivity index (χ2n) is 3.81. The lowest BCUT2D eigenvalue weighted by Crippen LogP contribution is -2.22. The summed E-state index contributed by atoms with van der Waals surface area (Å²) in [6.07, 6.45) is 1.50. The molecule has 18 heavy (non-hydrogen) atoms. The van der Waals surface area contributed by atoms with E-state index in [2.05, 4.69) is 5.32 Å². The fraction of sp³-hybridized carbons (Fsp3) is 0.231. The van der Waals surface area contributed by atoms with E-state index in [-0.39, 0.29) is 17.1 Å². The molecule has 1 aromatic heterocycles. The Morgan fingerprint density at radius 2 is 2.06 bits per heavy atom. The van der Waals surface area contributed by atoms with Crippen molar-refractivity contribution in [3.63, 3.8) is 0 Å². The lowest BCUT2D eigenvalue weighted by molar-refractivity contribution is 0.553. The molecule has 5 heteroatoms. The van der Waals surface area contributed by atoms with Crippen molar-refractivity contribution in [1.82, 2.24) is 5.32 Å². The number of rotatable bonds is 4. The van der Waals surface area contributed by atoms with Gasteiger partial charge in [-0.15, -0.1) is 0 Å². The number of hydrogen-bond acceptors (Lipinski definition) is 2. The summed E-state index contributed by atoms with van der Waals surface area (Å²) < 4.78 is 18.4. The maximum Gasteiger partial charge on any atom is 0.198 e. The van der Waals surface area contributed by atoms with Crippen LogP contribution in [0.5, 0.6) is 0 Å². The van der Waals surface area contributed by atoms with E-state index in [4.69, 9.17) is 27.6 Å². The fourth-order valence-electron chi connectivity index (χ4n) is 1.84. The summed E-state index contributed by atoms with van der Waals surface area (Å²) in [7, 11) is 0. The number of nitrogens with one attached hydrogen (secondary N) is 1. The first-order chi connectivity index (χ1) is 8.63. The number of furan rings is 1. The normalized spacial score (nSPS) is 12.7. The molecule has 2 rings (SSSR count). The lowest BCUT2D eigenvalue weighted by atomic mass is 10.0. The van der Waals surface area contributed by atoms with Crippen LogP contribution in [0.2, 0.25) is 10.2 Å². The van der Waals surface area contributed by atoms with Crippen LogP contribution in [0.25, 0.3) is 0 Å². The van der Waals surface area contributed by atoms with E-state index in [1.54, 1.807) is 6.07 Å². The van der Waals surface area contributed by atoms with Crippen LogP contribution in [0.15, 0.2) is 34.9 Å². The highest BCUT2D eigenvalue weighted by Gasteiger charge is 2.21. The smallest absolute Gasteiger partial charge is 0.198 e. The number of halogens is 3. The summed E-state index contributed by atoms with van der Waals surface area (Å²) in [6.45, 7) is 2.65. The highest BCUT2D eigenvalue weighted by atomic mass is 35.5. The van der Waals surface area contributed by atoms with Crippen LogP contribution in [-0.2, 0) is 0 Å². The molecule has 0 aliphatic rings. The maximum atomic E-state index is 13.3. The van der Waals surface area contributed by atoms with Crippen LogP contribution < -0.4 is 5.32 Å². The average Bonchev–Trinajstić information content (AvgIpc) is 2.76. The van der Waals surface area contributed by atoms with Gasteiger partial charge in [-0.1, -0.05) is 18.5 Å². The number of hydrogen-bond donors (Lipinski definition) is 1. The Kier molecular flexibility index (Phi) is 4.27. The molecule has 0 fully saturated rings. The molecule has 1 atom stereocenters. The van der Waals surface area contributed by atoms with Crippen LogP contribution >= 0.6 is 23.2 Å². The summed E-state index contributed by atoms with van der Waals surface area (Å²) in [6, 6.07) is 5.72. The molecule has 0 aliphatic carbocycles. The Morgan fingerprint density at radius 1 is 1.28 bits per heavy atom. The monoisotopic (exact) mass is 287 g/mol. The highest BCUT2D eigenvalue weighted by Crippen LogP contribution is 2.33. The van der Waals surface area contributed by atoms with Gasteiger partial charge in [0.1, 0.15) is 5.82 Å². The molecule has 0 amide bonds. The third kappa shape index (κ3) is 2.69.